The Hall–Kier alpha value is -2.27. The predicted octanol–water partition coefficient (Wildman–Crippen LogP) is 0.787. The number of nitrogens with one attached hydrogen (secondary N) is 1. The molecule has 0 radical (unpaired) electrons. The maximum atomic E-state index is 13.0. The summed E-state index contributed by atoms with van der Waals surface area (Å²) in [7, 11) is -3.59. The Kier molecular flexibility index (Phi) is 5.13. The molecule has 0 atom stereocenters. The highest BCUT2D eigenvalue weighted by molar-refractivity contribution is 7.89. The van der Waals surface area contributed by atoms with E-state index >= 15 is 0 Å². The van der Waals surface area contributed by atoms with Crippen molar-refractivity contribution >= 4 is 10.0 Å². The molecule has 25 heavy (non-hydrogen) atoms. The van der Waals surface area contributed by atoms with E-state index in [2.05, 4.69) is 6.07 Å². The Balaban J connectivity index is 1.65. The van der Waals surface area contributed by atoms with E-state index < -0.39 is 15.8 Å². The van der Waals surface area contributed by atoms with Crippen LogP contribution in [0.3, 0.4) is 0 Å². The van der Waals surface area contributed by atoms with Gasteiger partial charge in [-0.3, -0.25) is 0 Å². The maximum absolute atomic E-state index is 13.0. The molecule has 0 unspecified atom stereocenters. The molecule has 1 aliphatic rings. The molecule has 3 rings (SSSR count). The molecule has 1 saturated heterocycles. The minimum absolute atomic E-state index is 0.118. The lowest BCUT2D eigenvalue weighted by Gasteiger charge is -2.31. The number of quaternary nitrogens is 1. The van der Waals surface area contributed by atoms with Crippen LogP contribution in [-0.2, 0) is 16.6 Å². The van der Waals surface area contributed by atoms with E-state index in [1.54, 1.807) is 6.07 Å². The van der Waals surface area contributed by atoms with Crippen LogP contribution in [0.15, 0.2) is 53.4 Å². The summed E-state index contributed by atoms with van der Waals surface area (Å²) >= 11 is 0. The molecule has 0 aliphatic carbocycles. The monoisotopic (exact) mass is 360 g/mol. The SMILES string of the molecule is N#Cc1ccccc1C[NH+]1CCN(S(=O)(=O)c2ccc(F)cc2)CC1. The van der Waals surface area contributed by atoms with Gasteiger partial charge in [0.05, 0.1) is 42.7 Å². The van der Waals surface area contributed by atoms with Crippen LogP contribution in [0.1, 0.15) is 11.1 Å². The van der Waals surface area contributed by atoms with E-state index in [0.29, 0.717) is 38.3 Å². The minimum Gasteiger partial charge on any atom is -0.329 e. The van der Waals surface area contributed by atoms with Crippen LogP contribution in [0.2, 0.25) is 0 Å². The van der Waals surface area contributed by atoms with E-state index in [1.165, 1.54) is 21.3 Å². The molecule has 5 nitrogen and oxygen atoms in total. The topological polar surface area (TPSA) is 65.6 Å². The molecular weight excluding hydrogens is 341 g/mol. The van der Waals surface area contributed by atoms with Crippen molar-refractivity contribution < 1.29 is 17.7 Å². The van der Waals surface area contributed by atoms with E-state index in [-0.39, 0.29) is 4.90 Å². The molecule has 7 heteroatoms. The Morgan fingerprint density at radius 2 is 1.72 bits per heavy atom. The van der Waals surface area contributed by atoms with E-state index in [4.69, 9.17) is 5.26 Å². The first kappa shape index (κ1) is 17.5. The third kappa shape index (κ3) is 3.87. The molecule has 130 valence electrons. The number of benzene rings is 2. The normalized spacial score (nSPS) is 16.5. The quantitative estimate of drug-likeness (QED) is 0.877. The van der Waals surface area contributed by atoms with Gasteiger partial charge in [-0.1, -0.05) is 18.2 Å². The minimum atomic E-state index is -3.59. The van der Waals surface area contributed by atoms with Crippen molar-refractivity contribution in [2.24, 2.45) is 0 Å². The highest BCUT2D eigenvalue weighted by Gasteiger charge is 2.30. The number of hydrogen-bond donors (Lipinski definition) is 1. The largest absolute Gasteiger partial charge is 0.329 e. The summed E-state index contributed by atoms with van der Waals surface area (Å²) in [6.07, 6.45) is 0. The molecule has 2 aromatic carbocycles. The number of nitriles is 1. The molecule has 1 fully saturated rings. The Bertz CT molecular complexity index is 883. The molecule has 1 heterocycles. The maximum Gasteiger partial charge on any atom is 0.243 e. The van der Waals surface area contributed by atoms with Gasteiger partial charge in [-0.2, -0.15) is 9.57 Å². The lowest BCUT2D eigenvalue weighted by atomic mass is 10.1. The molecule has 1 N–H and O–H groups in total. The molecular formula is C18H19FN3O2S+. The summed E-state index contributed by atoms with van der Waals surface area (Å²) in [4.78, 5) is 1.36. The Morgan fingerprint density at radius 1 is 1.08 bits per heavy atom. The van der Waals surface area contributed by atoms with Gasteiger partial charge in [0.1, 0.15) is 12.4 Å². The van der Waals surface area contributed by atoms with E-state index in [9.17, 15) is 12.8 Å². The fourth-order valence-electron chi connectivity index (χ4n) is 3.03. The van der Waals surface area contributed by atoms with Crippen molar-refractivity contribution in [1.29, 1.82) is 5.26 Å². The third-order valence-electron chi connectivity index (χ3n) is 4.46. The van der Waals surface area contributed by atoms with Crippen LogP contribution in [-0.4, -0.2) is 38.9 Å². The first-order valence-corrected chi connectivity index (χ1v) is 9.52. The number of rotatable bonds is 4. The number of nitrogens with zero attached hydrogens (tertiary/aromatic N) is 2. The van der Waals surface area contributed by atoms with Gasteiger partial charge < -0.3 is 4.90 Å². The summed E-state index contributed by atoms with van der Waals surface area (Å²) in [6, 6.07) is 14.6. The second-order valence-electron chi connectivity index (χ2n) is 6.05. The van der Waals surface area contributed by atoms with Crippen molar-refractivity contribution in [3.05, 3.63) is 65.5 Å². The standard InChI is InChI=1S/C18H18FN3O2S/c19-17-5-7-18(8-6-17)25(23,24)22-11-9-21(10-12-22)14-16-4-2-1-3-15(16)13-20/h1-8H,9-12,14H2/p+1. The molecule has 0 bridgehead atoms. The van der Waals surface area contributed by atoms with Gasteiger partial charge in [0.2, 0.25) is 10.0 Å². The van der Waals surface area contributed by atoms with Crippen molar-refractivity contribution in [3.63, 3.8) is 0 Å². The lowest BCUT2D eigenvalue weighted by molar-refractivity contribution is -0.917. The average Bonchev–Trinajstić information content (AvgIpc) is 2.63. The van der Waals surface area contributed by atoms with E-state index in [1.807, 2.05) is 18.2 Å². The van der Waals surface area contributed by atoms with Gasteiger partial charge in [0.15, 0.2) is 0 Å². The summed E-state index contributed by atoms with van der Waals surface area (Å²) < 4.78 is 39.7. The van der Waals surface area contributed by atoms with Crippen LogP contribution < -0.4 is 4.90 Å². The van der Waals surface area contributed by atoms with Crippen LogP contribution >= 0.6 is 0 Å². The van der Waals surface area contributed by atoms with Gasteiger partial charge in [0.25, 0.3) is 0 Å². The third-order valence-corrected chi connectivity index (χ3v) is 6.37. The predicted molar refractivity (Wildman–Crippen MR) is 90.7 cm³/mol. The zero-order valence-electron chi connectivity index (χ0n) is 13.7. The first-order valence-electron chi connectivity index (χ1n) is 8.08. The molecule has 0 saturated carbocycles. The Morgan fingerprint density at radius 3 is 2.36 bits per heavy atom. The smallest absolute Gasteiger partial charge is 0.243 e. The number of piperazine rings is 1. The van der Waals surface area contributed by atoms with Crippen molar-refractivity contribution in [2.45, 2.75) is 11.4 Å². The molecule has 0 amide bonds. The average molecular weight is 360 g/mol. The lowest BCUT2D eigenvalue weighted by Crippen LogP contribution is -3.13. The number of halogens is 1. The molecule has 1 aliphatic heterocycles. The fourth-order valence-corrected chi connectivity index (χ4v) is 4.47. The summed E-state index contributed by atoms with van der Waals surface area (Å²) in [5.41, 5.74) is 1.64. The summed E-state index contributed by atoms with van der Waals surface area (Å²) in [6.45, 7) is 2.85. The summed E-state index contributed by atoms with van der Waals surface area (Å²) in [5.74, 6) is -0.454. The van der Waals surface area contributed by atoms with Crippen molar-refractivity contribution in [2.75, 3.05) is 26.2 Å². The molecule has 2 aromatic rings. The van der Waals surface area contributed by atoms with Gasteiger partial charge in [-0.15, -0.1) is 0 Å². The van der Waals surface area contributed by atoms with Gasteiger partial charge >= 0.3 is 0 Å². The van der Waals surface area contributed by atoms with Crippen LogP contribution in [0, 0.1) is 17.1 Å². The first-order chi connectivity index (χ1) is 12.0. The fraction of sp³-hybridized carbons (Fsp3) is 0.278. The van der Waals surface area contributed by atoms with Crippen LogP contribution in [0.4, 0.5) is 4.39 Å². The molecule has 0 spiro atoms. The summed E-state index contributed by atoms with van der Waals surface area (Å²) in [5, 5.41) is 9.17. The van der Waals surface area contributed by atoms with Gasteiger partial charge in [-0.25, -0.2) is 12.8 Å². The van der Waals surface area contributed by atoms with Crippen LogP contribution in [0.25, 0.3) is 0 Å². The highest BCUT2D eigenvalue weighted by atomic mass is 32.2. The highest BCUT2D eigenvalue weighted by Crippen LogP contribution is 2.16. The zero-order valence-corrected chi connectivity index (χ0v) is 14.5. The second kappa shape index (κ2) is 7.31. The second-order valence-corrected chi connectivity index (χ2v) is 7.99. The van der Waals surface area contributed by atoms with Crippen LogP contribution in [0.5, 0.6) is 0 Å². The van der Waals surface area contributed by atoms with Gasteiger partial charge in [0, 0.05) is 5.56 Å². The zero-order chi connectivity index (χ0) is 17.9. The number of hydrogen-bond acceptors (Lipinski definition) is 3. The Labute approximate surface area is 147 Å². The molecule has 0 aromatic heterocycles. The number of sulfonamides is 1. The van der Waals surface area contributed by atoms with E-state index in [0.717, 1.165) is 17.7 Å². The van der Waals surface area contributed by atoms with Crippen molar-refractivity contribution in [3.8, 4) is 6.07 Å². The van der Waals surface area contributed by atoms with Crippen molar-refractivity contribution in [1.82, 2.24) is 4.31 Å². The van der Waals surface area contributed by atoms with Gasteiger partial charge in [-0.05, 0) is 30.3 Å².